The third kappa shape index (κ3) is 5.59. The van der Waals surface area contributed by atoms with Crippen LogP contribution >= 0.6 is 0 Å². The van der Waals surface area contributed by atoms with Crippen molar-refractivity contribution in [3.63, 3.8) is 0 Å². The van der Waals surface area contributed by atoms with Crippen LogP contribution in [0.15, 0.2) is 24.3 Å². The first-order chi connectivity index (χ1) is 8.24. The standard InChI is InChI=1S/C14H25N3/c1-16-11-5-3-4-6-12-17(2)14-9-7-13(15)8-10-14/h7-10,16H,3-6,11-12,15H2,1-2H3. The Morgan fingerprint density at radius 3 is 2.35 bits per heavy atom. The molecule has 1 aromatic rings. The van der Waals surface area contributed by atoms with Gasteiger partial charge in [0.05, 0.1) is 0 Å². The van der Waals surface area contributed by atoms with E-state index in [0.717, 1.165) is 18.8 Å². The minimum atomic E-state index is 0.828. The quantitative estimate of drug-likeness (QED) is 0.537. The van der Waals surface area contributed by atoms with Gasteiger partial charge in [-0.3, -0.25) is 0 Å². The number of nitrogens with two attached hydrogens (primary N) is 1. The molecule has 1 aromatic carbocycles. The van der Waals surface area contributed by atoms with Crippen LogP contribution in [0.1, 0.15) is 25.7 Å². The van der Waals surface area contributed by atoms with E-state index in [1.807, 2.05) is 19.2 Å². The molecule has 0 fully saturated rings. The molecule has 96 valence electrons. The van der Waals surface area contributed by atoms with Crippen molar-refractivity contribution in [2.45, 2.75) is 25.7 Å². The Hall–Kier alpha value is -1.22. The number of anilines is 2. The smallest absolute Gasteiger partial charge is 0.0365 e. The Bertz CT molecular complexity index is 295. The van der Waals surface area contributed by atoms with Gasteiger partial charge in [0.2, 0.25) is 0 Å². The number of nitrogen functional groups attached to an aromatic ring is 1. The highest BCUT2D eigenvalue weighted by Gasteiger charge is 1.99. The zero-order valence-corrected chi connectivity index (χ0v) is 11.1. The maximum Gasteiger partial charge on any atom is 0.0365 e. The molecule has 0 heterocycles. The number of nitrogens with zero attached hydrogens (tertiary/aromatic N) is 1. The zero-order valence-electron chi connectivity index (χ0n) is 11.1. The van der Waals surface area contributed by atoms with E-state index in [1.165, 1.54) is 31.4 Å². The third-order valence-electron chi connectivity index (χ3n) is 3.00. The molecule has 0 atom stereocenters. The number of hydrogen-bond donors (Lipinski definition) is 2. The van der Waals surface area contributed by atoms with Crippen LogP contribution in [0.3, 0.4) is 0 Å². The lowest BCUT2D eigenvalue weighted by Crippen LogP contribution is -2.18. The summed E-state index contributed by atoms with van der Waals surface area (Å²) in [6.45, 7) is 2.25. The van der Waals surface area contributed by atoms with Crippen LogP contribution in [-0.2, 0) is 0 Å². The van der Waals surface area contributed by atoms with Crippen molar-refractivity contribution in [1.29, 1.82) is 0 Å². The lowest BCUT2D eigenvalue weighted by atomic mass is 10.2. The molecule has 0 aliphatic carbocycles. The van der Waals surface area contributed by atoms with Crippen LogP contribution in [0.2, 0.25) is 0 Å². The van der Waals surface area contributed by atoms with Crippen molar-refractivity contribution in [2.75, 3.05) is 37.8 Å². The van der Waals surface area contributed by atoms with Crippen molar-refractivity contribution in [3.8, 4) is 0 Å². The second-order valence-electron chi connectivity index (χ2n) is 4.53. The molecule has 3 heteroatoms. The number of benzene rings is 1. The third-order valence-corrected chi connectivity index (χ3v) is 3.00. The maximum atomic E-state index is 5.67. The molecule has 0 radical (unpaired) electrons. The van der Waals surface area contributed by atoms with Gasteiger partial charge in [0.1, 0.15) is 0 Å². The Morgan fingerprint density at radius 2 is 1.71 bits per heavy atom. The Morgan fingerprint density at radius 1 is 1.06 bits per heavy atom. The minimum absolute atomic E-state index is 0.828. The molecule has 3 N–H and O–H groups in total. The predicted octanol–water partition coefficient (Wildman–Crippen LogP) is 2.48. The molecular weight excluding hydrogens is 210 g/mol. The SMILES string of the molecule is CNCCCCCCN(C)c1ccc(N)cc1. The number of unbranched alkanes of at least 4 members (excludes halogenated alkanes) is 3. The second kappa shape index (κ2) is 7.96. The summed E-state index contributed by atoms with van der Waals surface area (Å²) < 4.78 is 0. The van der Waals surface area contributed by atoms with Crippen molar-refractivity contribution in [3.05, 3.63) is 24.3 Å². The van der Waals surface area contributed by atoms with Crippen molar-refractivity contribution < 1.29 is 0 Å². The number of nitrogens with one attached hydrogen (secondary N) is 1. The van der Waals surface area contributed by atoms with Gasteiger partial charge >= 0.3 is 0 Å². The van der Waals surface area contributed by atoms with Gasteiger partial charge in [-0.1, -0.05) is 12.8 Å². The molecule has 0 amide bonds. The van der Waals surface area contributed by atoms with Gasteiger partial charge in [-0.25, -0.2) is 0 Å². The van der Waals surface area contributed by atoms with E-state index in [9.17, 15) is 0 Å². The van der Waals surface area contributed by atoms with E-state index >= 15 is 0 Å². The summed E-state index contributed by atoms with van der Waals surface area (Å²) in [4.78, 5) is 2.29. The Balaban J connectivity index is 2.16. The second-order valence-corrected chi connectivity index (χ2v) is 4.53. The molecule has 0 unspecified atom stereocenters. The van der Waals surface area contributed by atoms with Crippen LogP contribution in [0.25, 0.3) is 0 Å². The van der Waals surface area contributed by atoms with Gasteiger partial charge < -0.3 is 16.0 Å². The first kappa shape index (κ1) is 13.8. The molecule has 0 aliphatic rings. The van der Waals surface area contributed by atoms with Crippen LogP contribution < -0.4 is 16.0 Å². The molecular formula is C14H25N3. The summed E-state index contributed by atoms with van der Waals surface area (Å²) in [6.07, 6.45) is 5.16. The largest absolute Gasteiger partial charge is 0.399 e. The lowest BCUT2D eigenvalue weighted by Gasteiger charge is -2.19. The molecule has 0 aromatic heterocycles. The molecule has 0 bridgehead atoms. The molecule has 17 heavy (non-hydrogen) atoms. The van der Waals surface area contributed by atoms with Gasteiger partial charge in [-0.2, -0.15) is 0 Å². The van der Waals surface area contributed by atoms with Gasteiger partial charge in [-0.05, 0) is 50.7 Å². The van der Waals surface area contributed by atoms with Crippen molar-refractivity contribution >= 4 is 11.4 Å². The highest BCUT2D eigenvalue weighted by molar-refractivity contribution is 5.52. The number of rotatable bonds is 8. The highest BCUT2D eigenvalue weighted by Crippen LogP contribution is 2.15. The molecule has 0 spiro atoms. The van der Waals surface area contributed by atoms with Crippen LogP contribution in [0, 0.1) is 0 Å². The topological polar surface area (TPSA) is 41.3 Å². The van der Waals surface area contributed by atoms with Gasteiger partial charge in [0, 0.05) is 25.0 Å². The van der Waals surface area contributed by atoms with Crippen molar-refractivity contribution in [2.24, 2.45) is 0 Å². The van der Waals surface area contributed by atoms with Crippen LogP contribution in [0.4, 0.5) is 11.4 Å². The summed E-state index contributed by atoms with van der Waals surface area (Å²) in [5, 5.41) is 3.18. The van der Waals surface area contributed by atoms with E-state index in [2.05, 4.69) is 29.4 Å². The summed E-state index contributed by atoms with van der Waals surface area (Å²) >= 11 is 0. The predicted molar refractivity (Wildman–Crippen MR) is 76.5 cm³/mol. The van der Waals surface area contributed by atoms with Crippen LogP contribution in [0.5, 0.6) is 0 Å². The van der Waals surface area contributed by atoms with Crippen LogP contribution in [-0.4, -0.2) is 27.2 Å². The fourth-order valence-corrected chi connectivity index (χ4v) is 1.86. The molecule has 1 rings (SSSR count). The first-order valence-electron chi connectivity index (χ1n) is 6.45. The van der Waals surface area contributed by atoms with E-state index in [0.29, 0.717) is 0 Å². The van der Waals surface area contributed by atoms with E-state index in [1.54, 1.807) is 0 Å². The maximum absolute atomic E-state index is 5.67. The molecule has 3 nitrogen and oxygen atoms in total. The first-order valence-corrected chi connectivity index (χ1v) is 6.45. The fourth-order valence-electron chi connectivity index (χ4n) is 1.86. The summed E-state index contributed by atoms with van der Waals surface area (Å²) in [6, 6.07) is 8.07. The summed E-state index contributed by atoms with van der Waals surface area (Å²) in [5.41, 5.74) is 7.74. The Labute approximate surface area is 105 Å². The van der Waals surface area contributed by atoms with Crippen molar-refractivity contribution in [1.82, 2.24) is 5.32 Å². The summed E-state index contributed by atoms with van der Waals surface area (Å²) in [7, 11) is 4.15. The van der Waals surface area contributed by atoms with E-state index in [-0.39, 0.29) is 0 Å². The minimum Gasteiger partial charge on any atom is -0.399 e. The van der Waals surface area contributed by atoms with Gasteiger partial charge in [0.25, 0.3) is 0 Å². The number of hydrogen-bond acceptors (Lipinski definition) is 3. The highest BCUT2D eigenvalue weighted by atomic mass is 15.1. The van der Waals surface area contributed by atoms with E-state index in [4.69, 9.17) is 5.73 Å². The molecule has 0 saturated carbocycles. The fraction of sp³-hybridized carbons (Fsp3) is 0.571. The lowest BCUT2D eigenvalue weighted by molar-refractivity contribution is 0.615. The van der Waals surface area contributed by atoms with E-state index < -0.39 is 0 Å². The molecule has 0 aliphatic heterocycles. The average Bonchev–Trinajstić information content (AvgIpc) is 2.34. The molecule has 0 saturated heterocycles. The zero-order chi connectivity index (χ0) is 12.5. The summed E-state index contributed by atoms with van der Waals surface area (Å²) in [5.74, 6) is 0. The van der Waals surface area contributed by atoms with Gasteiger partial charge in [0.15, 0.2) is 0 Å². The average molecular weight is 235 g/mol. The normalized spacial score (nSPS) is 10.5. The Kier molecular flexibility index (Phi) is 6.48. The monoisotopic (exact) mass is 235 g/mol. The van der Waals surface area contributed by atoms with Gasteiger partial charge in [-0.15, -0.1) is 0 Å².